The summed E-state index contributed by atoms with van der Waals surface area (Å²) >= 11 is 1.18. The molecule has 0 unspecified atom stereocenters. The Labute approximate surface area is 153 Å². The van der Waals surface area contributed by atoms with E-state index in [1.807, 2.05) is 30.3 Å². The maximum absolute atomic E-state index is 12.4. The molecule has 7 nitrogen and oxygen atoms in total. The molecule has 3 aromatic rings. The van der Waals surface area contributed by atoms with Crippen molar-refractivity contribution in [1.82, 2.24) is 9.97 Å². The number of aromatic nitrogens is 2. The van der Waals surface area contributed by atoms with Crippen molar-refractivity contribution in [3.63, 3.8) is 0 Å². The summed E-state index contributed by atoms with van der Waals surface area (Å²) in [6.45, 7) is 0.329. The first-order valence-electron chi connectivity index (χ1n) is 7.63. The lowest BCUT2D eigenvalue weighted by Gasteiger charge is -2.07. The molecule has 2 heterocycles. The number of nitrogens with one attached hydrogen (secondary N) is 1. The molecule has 0 aliphatic rings. The van der Waals surface area contributed by atoms with Crippen molar-refractivity contribution in [2.45, 2.75) is 6.61 Å². The molecule has 2 aromatic heterocycles. The molecule has 0 saturated carbocycles. The molecule has 0 aliphatic carbocycles. The van der Waals surface area contributed by atoms with E-state index in [-0.39, 0.29) is 11.6 Å². The Balaban J connectivity index is 1.68. The fourth-order valence-electron chi connectivity index (χ4n) is 2.12. The standard InChI is InChI=1S/C18H15N3O4S/c1-24-18(23)16-13(7-8-26-16)21-17(22)14-9-15(20-11-19-14)25-10-12-5-3-2-4-6-12/h2-9,11H,10H2,1H3,(H,21,22). The fraction of sp³-hybridized carbons (Fsp3) is 0.111. The first kappa shape index (κ1) is 17.6. The molecule has 0 saturated heterocycles. The van der Waals surface area contributed by atoms with E-state index in [1.54, 1.807) is 11.4 Å². The number of thiophene rings is 1. The zero-order valence-corrected chi connectivity index (χ0v) is 14.7. The molecule has 0 radical (unpaired) electrons. The summed E-state index contributed by atoms with van der Waals surface area (Å²) in [5.41, 5.74) is 1.49. The van der Waals surface area contributed by atoms with Gasteiger partial charge in [-0.2, -0.15) is 0 Å². The summed E-state index contributed by atoms with van der Waals surface area (Å²) in [5.74, 6) is -0.696. The van der Waals surface area contributed by atoms with Crippen LogP contribution in [0.25, 0.3) is 0 Å². The Morgan fingerprint density at radius 1 is 1.15 bits per heavy atom. The second kappa shape index (κ2) is 8.21. The highest BCUT2D eigenvalue weighted by Gasteiger charge is 2.17. The highest BCUT2D eigenvalue weighted by atomic mass is 32.1. The van der Waals surface area contributed by atoms with Gasteiger partial charge in [0.15, 0.2) is 0 Å². The Morgan fingerprint density at radius 3 is 2.73 bits per heavy atom. The summed E-state index contributed by atoms with van der Waals surface area (Å²) in [6, 6.07) is 12.7. The zero-order chi connectivity index (χ0) is 18.4. The van der Waals surface area contributed by atoms with Crippen LogP contribution in [0.1, 0.15) is 25.7 Å². The lowest BCUT2D eigenvalue weighted by molar-refractivity contribution is 0.0607. The third-order valence-electron chi connectivity index (χ3n) is 3.39. The summed E-state index contributed by atoms with van der Waals surface area (Å²) in [7, 11) is 1.29. The van der Waals surface area contributed by atoms with Gasteiger partial charge in [-0.15, -0.1) is 11.3 Å². The van der Waals surface area contributed by atoms with Gasteiger partial charge in [0.1, 0.15) is 23.5 Å². The van der Waals surface area contributed by atoms with E-state index in [2.05, 4.69) is 15.3 Å². The van der Waals surface area contributed by atoms with Crippen molar-refractivity contribution in [1.29, 1.82) is 0 Å². The van der Waals surface area contributed by atoms with E-state index in [1.165, 1.54) is 30.8 Å². The van der Waals surface area contributed by atoms with Gasteiger partial charge in [0.25, 0.3) is 5.91 Å². The van der Waals surface area contributed by atoms with Gasteiger partial charge in [-0.25, -0.2) is 14.8 Å². The minimum absolute atomic E-state index is 0.130. The lowest BCUT2D eigenvalue weighted by Crippen LogP contribution is -2.15. The number of rotatable bonds is 6. The molecule has 3 rings (SSSR count). The van der Waals surface area contributed by atoms with Crippen LogP contribution in [-0.2, 0) is 11.3 Å². The second-order valence-electron chi connectivity index (χ2n) is 5.12. The molecule has 0 fully saturated rings. The van der Waals surface area contributed by atoms with Gasteiger partial charge in [0.2, 0.25) is 5.88 Å². The van der Waals surface area contributed by atoms with Crippen molar-refractivity contribution >= 4 is 28.9 Å². The fourth-order valence-corrected chi connectivity index (χ4v) is 2.88. The van der Waals surface area contributed by atoms with Crippen LogP contribution in [0.2, 0.25) is 0 Å². The average molecular weight is 369 g/mol. The molecule has 0 aliphatic heterocycles. The quantitative estimate of drug-likeness (QED) is 0.671. The van der Waals surface area contributed by atoms with Gasteiger partial charge in [-0.05, 0) is 17.0 Å². The smallest absolute Gasteiger partial charge is 0.350 e. The lowest BCUT2D eigenvalue weighted by atomic mass is 10.2. The Bertz CT molecular complexity index is 912. The van der Waals surface area contributed by atoms with Gasteiger partial charge >= 0.3 is 5.97 Å². The van der Waals surface area contributed by atoms with Crippen LogP contribution in [0.3, 0.4) is 0 Å². The minimum Gasteiger partial charge on any atom is -0.473 e. The Hall–Kier alpha value is -3.26. The zero-order valence-electron chi connectivity index (χ0n) is 13.8. The van der Waals surface area contributed by atoms with Gasteiger partial charge in [0.05, 0.1) is 12.8 Å². The molecule has 0 bridgehead atoms. The molecule has 0 spiro atoms. The number of amides is 1. The van der Waals surface area contributed by atoms with Crippen molar-refractivity contribution in [3.8, 4) is 5.88 Å². The second-order valence-corrected chi connectivity index (χ2v) is 6.04. The van der Waals surface area contributed by atoms with Crippen LogP contribution in [0, 0.1) is 0 Å². The van der Waals surface area contributed by atoms with E-state index in [0.717, 1.165) is 5.56 Å². The third kappa shape index (κ3) is 4.22. The van der Waals surface area contributed by atoms with Crippen LogP contribution in [-0.4, -0.2) is 29.0 Å². The number of ether oxygens (including phenoxy) is 2. The van der Waals surface area contributed by atoms with Gasteiger partial charge in [-0.3, -0.25) is 4.79 Å². The Morgan fingerprint density at radius 2 is 1.96 bits per heavy atom. The SMILES string of the molecule is COC(=O)c1sccc1NC(=O)c1cc(OCc2ccccc2)ncn1. The van der Waals surface area contributed by atoms with Gasteiger partial charge in [0, 0.05) is 6.07 Å². The molecule has 1 amide bonds. The monoisotopic (exact) mass is 369 g/mol. The number of esters is 1. The maximum atomic E-state index is 12.4. The van der Waals surface area contributed by atoms with E-state index in [0.29, 0.717) is 17.2 Å². The van der Waals surface area contributed by atoms with Crippen LogP contribution in [0.5, 0.6) is 5.88 Å². The summed E-state index contributed by atoms with van der Waals surface area (Å²) in [5, 5.41) is 4.34. The van der Waals surface area contributed by atoms with Crippen LogP contribution in [0.4, 0.5) is 5.69 Å². The number of hydrogen-bond donors (Lipinski definition) is 1. The van der Waals surface area contributed by atoms with Crippen molar-refractivity contribution in [2.24, 2.45) is 0 Å². The molecular weight excluding hydrogens is 354 g/mol. The van der Waals surface area contributed by atoms with Crippen molar-refractivity contribution in [2.75, 3.05) is 12.4 Å². The largest absolute Gasteiger partial charge is 0.473 e. The highest BCUT2D eigenvalue weighted by molar-refractivity contribution is 7.12. The molecule has 0 atom stereocenters. The van der Waals surface area contributed by atoms with Crippen LogP contribution >= 0.6 is 11.3 Å². The molecular formula is C18H15N3O4S. The number of carbonyl (C=O) groups excluding carboxylic acids is 2. The number of nitrogens with zero attached hydrogens (tertiary/aromatic N) is 2. The maximum Gasteiger partial charge on any atom is 0.350 e. The number of hydrogen-bond acceptors (Lipinski definition) is 7. The van der Waals surface area contributed by atoms with E-state index < -0.39 is 11.9 Å². The summed E-state index contributed by atoms with van der Waals surface area (Å²) in [4.78, 5) is 32.4. The molecule has 1 N–H and O–H groups in total. The van der Waals surface area contributed by atoms with E-state index in [4.69, 9.17) is 9.47 Å². The number of benzene rings is 1. The van der Waals surface area contributed by atoms with E-state index in [9.17, 15) is 9.59 Å². The van der Waals surface area contributed by atoms with Crippen LogP contribution < -0.4 is 10.1 Å². The van der Waals surface area contributed by atoms with Gasteiger partial charge in [-0.1, -0.05) is 30.3 Å². The minimum atomic E-state index is -0.509. The third-order valence-corrected chi connectivity index (χ3v) is 4.28. The number of methoxy groups -OCH3 is 1. The molecule has 26 heavy (non-hydrogen) atoms. The predicted octanol–water partition coefficient (Wildman–Crippen LogP) is 3.16. The first-order chi connectivity index (χ1) is 12.7. The average Bonchev–Trinajstić information content (AvgIpc) is 3.15. The predicted molar refractivity (Wildman–Crippen MR) is 96.4 cm³/mol. The molecule has 8 heteroatoms. The molecule has 1 aromatic carbocycles. The molecule has 132 valence electrons. The Kier molecular flexibility index (Phi) is 5.55. The highest BCUT2D eigenvalue weighted by Crippen LogP contribution is 2.23. The van der Waals surface area contributed by atoms with Crippen molar-refractivity contribution < 1.29 is 19.1 Å². The first-order valence-corrected chi connectivity index (χ1v) is 8.51. The van der Waals surface area contributed by atoms with Crippen molar-refractivity contribution in [3.05, 3.63) is 70.3 Å². The number of carbonyl (C=O) groups is 2. The number of anilines is 1. The van der Waals surface area contributed by atoms with Gasteiger partial charge < -0.3 is 14.8 Å². The summed E-state index contributed by atoms with van der Waals surface area (Å²) < 4.78 is 10.3. The summed E-state index contributed by atoms with van der Waals surface area (Å²) in [6.07, 6.45) is 1.25. The van der Waals surface area contributed by atoms with Crippen LogP contribution in [0.15, 0.2) is 54.2 Å². The normalized spacial score (nSPS) is 10.2. The van der Waals surface area contributed by atoms with E-state index >= 15 is 0 Å². The topological polar surface area (TPSA) is 90.4 Å².